The lowest BCUT2D eigenvalue weighted by atomic mass is 10.3. The summed E-state index contributed by atoms with van der Waals surface area (Å²) >= 11 is 10.9. The highest BCUT2D eigenvalue weighted by Gasteiger charge is 2.17. The fourth-order valence-electron chi connectivity index (χ4n) is 0.773. The molecule has 1 heterocycles. The summed E-state index contributed by atoms with van der Waals surface area (Å²) in [5.74, 6) is -0.778. The molecule has 0 aliphatic carbocycles. The summed E-state index contributed by atoms with van der Waals surface area (Å²) in [4.78, 5) is 22.5. The van der Waals surface area contributed by atoms with Crippen molar-refractivity contribution in [3.05, 3.63) is 32.3 Å². The lowest BCUT2D eigenvalue weighted by molar-refractivity contribution is 0.0522. The average molecular weight is 237 g/mol. The van der Waals surface area contributed by atoms with Crippen molar-refractivity contribution in [2.75, 3.05) is 6.61 Å². The third-order valence-corrected chi connectivity index (χ3v) is 2.11. The molecule has 0 atom stereocenters. The van der Waals surface area contributed by atoms with E-state index in [0.717, 1.165) is 6.26 Å². The number of halogens is 2. The Bertz CT molecular complexity index is 410. The minimum Gasteiger partial charge on any atom is -0.462 e. The van der Waals surface area contributed by atoms with Gasteiger partial charge in [0.1, 0.15) is 16.8 Å². The first kappa shape index (κ1) is 11.1. The molecule has 14 heavy (non-hydrogen) atoms. The fraction of sp³-hybridized carbons (Fsp3) is 0.250. The first-order valence-electron chi connectivity index (χ1n) is 3.71. The van der Waals surface area contributed by atoms with Crippen molar-refractivity contribution in [1.29, 1.82) is 0 Å². The molecule has 4 nitrogen and oxygen atoms in total. The summed E-state index contributed by atoms with van der Waals surface area (Å²) in [7, 11) is 0. The first-order chi connectivity index (χ1) is 6.57. The minimum atomic E-state index is -0.778. The van der Waals surface area contributed by atoms with E-state index >= 15 is 0 Å². The van der Waals surface area contributed by atoms with Crippen LogP contribution in [0.4, 0.5) is 0 Å². The largest absolute Gasteiger partial charge is 0.462 e. The molecule has 0 aromatic carbocycles. The van der Waals surface area contributed by atoms with Gasteiger partial charge in [0.15, 0.2) is 0 Å². The SMILES string of the molecule is CCOC(=O)c1coc(Cl)c(Cl)c1=O. The third-order valence-electron chi connectivity index (χ3n) is 1.39. The molecule has 1 rings (SSSR count). The summed E-state index contributed by atoms with van der Waals surface area (Å²) in [6, 6.07) is 0. The highest BCUT2D eigenvalue weighted by molar-refractivity contribution is 6.40. The van der Waals surface area contributed by atoms with Crippen molar-refractivity contribution < 1.29 is 13.9 Å². The smallest absolute Gasteiger partial charge is 0.345 e. The summed E-state index contributed by atoms with van der Waals surface area (Å²) in [5, 5.41) is -0.568. The Balaban J connectivity index is 3.18. The van der Waals surface area contributed by atoms with Crippen LogP contribution < -0.4 is 5.43 Å². The summed E-state index contributed by atoms with van der Waals surface area (Å²) in [5.41, 5.74) is -0.956. The Morgan fingerprint density at radius 1 is 1.57 bits per heavy atom. The second-order valence-corrected chi connectivity index (χ2v) is 3.01. The van der Waals surface area contributed by atoms with Crippen molar-refractivity contribution in [2.45, 2.75) is 6.92 Å². The maximum atomic E-state index is 11.3. The number of ether oxygens (including phenoxy) is 1. The number of rotatable bonds is 2. The van der Waals surface area contributed by atoms with Crippen LogP contribution in [0.5, 0.6) is 0 Å². The van der Waals surface area contributed by atoms with Crippen LogP contribution in [0, 0.1) is 0 Å². The number of carbonyl (C=O) groups excluding carboxylic acids is 1. The molecule has 0 amide bonds. The maximum absolute atomic E-state index is 11.3. The first-order valence-corrected chi connectivity index (χ1v) is 4.47. The van der Waals surface area contributed by atoms with Gasteiger partial charge in [-0.3, -0.25) is 4.79 Å². The highest BCUT2D eigenvalue weighted by Crippen LogP contribution is 2.17. The van der Waals surface area contributed by atoms with Gasteiger partial charge in [-0.2, -0.15) is 0 Å². The Morgan fingerprint density at radius 2 is 2.21 bits per heavy atom. The molecule has 76 valence electrons. The van der Waals surface area contributed by atoms with E-state index in [1.165, 1.54) is 0 Å². The zero-order chi connectivity index (χ0) is 10.7. The van der Waals surface area contributed by atoms with E-state index in [-0.39, 0.29) is 22.4 Å². The highest BCUT2D eigenvalue weighted by atomic mass is 35.5. The summed E-state index contributed by atoms with van der Waals surface area (Å²) < 4.78 is 9.27. The van der Waals surface area contributed by atoms with E-state index < -0.39 is 11.4 Å². The van der Waals surface area contributed by atoms with E-state index in [1.54, 1.807) is 6.92 Å². The molecule has 6 heteroatoms. The van der Waals surface area contributed by atoms with Crippen molar-refractivity contribution in [1.82, 2.24) is 0 Å². The Hall–Kier alpha value is -1.00. The lowest BCUT2D eigenvalue weighted by Crippen LogP contribution is -2.17. The van der Waals surface area contributed by atoms with Crippen LogP contribution in [0.3, 0.4) is 0 Å². The molecular formula is C8H6Cl2O4. The predicted octanol–water partition coefficient (Wildman–Crippen LogP) is 2.12. The standard InChI is InChI=1S/C8H6Cl2O4/c1-2-13-8(12)4-3-14-7(10)5(9)6(4)11/h3H,2H2,1H3. The number of carbonyl (C=O) groups is 1. The molecule has 0 saturated carbocycles. The Morgan fingerprint density at radius 3 is 2.79 bits per heavy atom. The molecule has 0 unspecified atom stereocenters. The van der Waals surface area contributed by atoms with E-state index in [2.05, 4.69) is 9.15 Å². The van der Waals surface area contributed by atoms with Crippen LogP contribution in [0.1, 0.15) is 17.3 Å². The lowest BCUT2D eigenvalue weighted by Gasteiger charge is -2.00. The molecule has 0 spiro atoms. The second-order valence-electron chi connectivity index (χ2n) is 2.29. The van der Waals surface area contributed by atoms with Gasteiger partial charge in [-0.25, -0.2) is 4.79 Å². The van der Waals surface area contributed by atoms with E-state index in [4.69, 9.17) is 23.2 Å². The van der Waals surface area contributed by atoms with Gasteiger partial charge in [0.05, 0.1) is 6.61 Å². The van der Waals surface area contributed by atoms with Crippen molar-refractivity contribution in [3.8, 4) is 0 Å². The molecule has 1 aromatic heterocycles. The van der Waals surface area contributed by atoms with E-state index in [0.29, 0.717) is 0 Å². The van der Waals surface area contributed by atoms with Crippen LogP contribution in [-0.4, -0.2) is 12.6 Å². The topological polar surface area (TPSA) is 56.5 Å². The monoisotopic (exact) mass is 236 g/mol. The molecular weight excluding hydrogens is 231 g/mol. The van der Waals surface area contributed by atoms with Gasteiger partial charge < -0.3 is 9.15 Å². The zero-order valence-electron chi connectivity index (χ0n) is 7.17. The Kier molecular flexibility index (Phi) is 3.55. The fourth-order valence-corrected chi connectivity index (χ4v) is 1.05. The van der Waals surface area contributed by atoms with Crippen LogP contribution in [0.25, 0.3) is 0 Å². The average Bonchev–Trinajstić information content (AvgIpc) is 2.15. The zero-order valence-corrected chi connectivity index (χ0v) is 8.69. The number of hydrogen-bond donors (Lipinski definition) is 0. The minimum absolute atomic E-state index is 0.165. The molecule has 0 fully saturated rings. The summed E-state index contributed by atoms with van der Waals surface area (Å²) in [6.45, 7) is 1.79. The molecule has 0 radical (unpaired) electrons. The van der Waals surface area contributed by atoms with Crippen LogP contribution in [0.2, 0.25) is 10.2 Å². The second kappa shape index (κ2) is 4.48. The van der Waals surface area contributed by atoms with Crippen LogP contribution in [-0.2, 0) is 4.74 Å². The molecule has 1 aromatic rings. The quantitative estimate of drug-likeness (QED) is 0.739. The number of hydrogen-bond acceptors (Lipinski definition) is 4. The predicted molar refractivity (Wildman–Crippen MR) is 51.0 cm³/mol. The molecule has 0 aliphatic heterocycles. The molecule has 0 saturated heterocycles. The van der Waals surface area contributed by atoms with Gasteiger partial charge in [-0.1, -0.05) is 11.6 Å². The van der Waals surface area contributed by atoms with Crippen molar-refractivity contribution in [3.63, 3.8) is 0 Å². The maximum Gasteiger partial charge on any atom is 0.345 e. The van der Waals surface area contributed by atoms with Gasteiger partial charge in [-0.15, -0.1) is 0 Å². The Labute approximate surface area is 89.4 Å². The van der Waals surface area contributed by atoms with Crippen LogP contribution in [0.15, 0.2) is 15.5 Å². The normalized spacial score (nSPS) is 9.93. The van der Waals surface area contributed by atoms with E-state index in [9.17, 15) is 9.59 Å². The van der Waals surface area contributed by atoms with Crippen molar-refractivity contribution in [2.24, 2.45) is 0 Å². The van der Waals surface area contributed by atoms with Gasteiger partial charge in [-0.05, 0) is 18.5 Å². The van der Waals surface area contributed by atoms with Gasteiger partial charge in [0.2, 0.25) is 10.6 Å². The van der Waals surface area contributed by atoms with Crippen molar-refractivity contribution >= 4 is 29.2 Å². The molecule has 0 bridgehead atoms. The van der Waals surface area contributed by atoms with Gasteiger partial charge in [0, 0.05) is 0 Å². The molecule has 0 aliphatic rings. The van der Waals surface area contributed by atoms with Gasteiger partial charge >= 0.3 is 5.97 Å². The van der Waals surface area contributed by atoms with E-state index in [1.807, 2.05) is 0 Å². The molecule has 0 N–H and O–H groups in total. The third kappa shape index (κ3) is 2.08. The summed E-state index contributed by atoms with van der Waals surface area (Å²) in [6.07, 6.45) is 0.925. The number of esters is 1. The van der Waals surface area contributed by atoms with Crippen LogP contribution >= 0.6 is 23.2 Å². The van der Waals surface area contributed by atoms with Gasteiger partial charge in [0.25, 0.3) is 0 Å².